The standard InChI is InChI=1S/C18H19BrN2O4/c1-12(25-15-7-5-4-6-14(15)19)18(22)21-20-11-13-8-9-16(23-2)17(10-13)24-3/h4-12H,1-3H3,(H,21,22)/b20-11-. The molecular weight excluding hydrogens is 388 g/mol. The molecule has 2 aromatic rings. The Kier molecular flexibility index (Phi) is 6.82. The fourth-order valence-corrected chi connectivity index (χ4v) is 2.36. The van der Waals surface area contributed by atoms with Crippen molar-refractivity contribution in [3.63, 3.8) is 0 Å². The van der Waals surface area contributed by atoms with Gasteiger partial charge in [-0.15, -0.1) is 0 Å². The molecular formula is C18H19BrN2O4. The van der Waals surface area contributed by atoms with Crippen LogP contribution in [-0.4, -0.2) is 32.4 Å². The summed E-state index contributed by atoms with van der Waals surface area (Å²) in [4.78, 5) is 12.1. The predicted molar refractivity (Wildman–Crippen MR) is 99.5 cm³/mol. The second kappa shape index (κ2) is 9.08. The SMILES string of the molecule is COc1ccc(/C=N\NC(=O)C(C)Oc2ccccc2Br)cc1OC. The molecule has 2 rings (SSSR count). The lowest BCUT2D eigenvalue weighted by Gasteiger charge is -2.14. The van der Waals surface area contributed by atoms with Crippen molar-refractivity contribution in [1.82, 2.24) is 5.43 Å². The molecule has 0 heterocycles. The van der Waals surface area contributed by atoms with Crippen LogP contribution in [0.5, 0.6) is 17.2 Å². The third kappa shape index (κ3) is 5.22. The number of benzene rings is 2. The van der Waals surface area contributed by atoms with Crippen molar-refractivity contribution in [2.75, 3.05) is 14.2 Å². The average molecular weight is 407 g/mol. The number of hydrazone groups is 1. The molecule has 0 radical (unpaired) electrons. The molecule has 0 saturated carbocycles. The maximum atomic E-state index is 12.1. The summed E-state index contributed by atoms with van der Waals surface area (Å²) in [6.07, 6.45) is 0.826. The van der Waals surface area contributed by atoms with Gasteiger partial charge in [-0.25, -0.2) is 5.43 Å². The van der Waals surface area contributed by atoms with Gasteiger partial charge in [0.05, 0.1) is 24.9 Å². The highest BCUT2D eigenvalue weighted by molar-refractivity contribution is 9.10. The Morgan fingerprint density at radius 1 is 1.12 bits per heavy atom. The van der Waals surface area contributed by atoms with Gasteiger partial charge in [-0.05, 0) is 58.7 Å². The zero-order chi connectivity index (χ0) is 18.2. The second-order valence-electron chi connectivity index (χ2n) is 5.04. The lowest BCUT2D eigenvalue weighted by molar-refractivity contribution is -0.127. The Morgan fingerprint density at radius 3 is 2.52 bits per heavy atom. The number of methoxy groups -OCH3 is 2. The van der Waals surface area contributed by atoms with Crippen LogP contribution in [0.1, 0.15) is 12.5 Å². The molecule has 2 aromatic carbocycles. The summed E-state index contributed by atoms with van der Waals surface area (Å²) in [5.41, 5.74) is 3.22. The number of nitrogens with one attached hydrogen (secondary N) is 1. The van der Waals surface area contributed by atoms with Crippen molar-refractivity contribution in [1.29, 1.82) is 0 Å². The van der Waals surface area contributed by atoms with Crippen molar-refractivity contribution >= 4 is 28.1 Å². The van der Waals surface area contributed by atoms with Gasteiger partial charge in [0.15, 0.2) is 17.6 Å². The van der Waals surface area contributed by atoms with Crippen molar-refractivity contribution in [3.05, 3.63) is 52.5 Å². The number of amides is 1. The molecule has 0 aliphatic rings. The fraction of sp³-hybridized carbons (Fsp3) is 0.222. The smallest absolute Gasteiger partial charge is 0.280 e. The molecule has 132 valence electrons. The highest BCUT2D eigenvalue weighted by atomic mass is 79.9. The van der Waals surface area contributed by atoms with Gasteiger partial charge in [0, 0.05) is 0 Å². The first kappa shape index (κ1) is 18.8. The maximum Gasteiger partial charge on any atom is 0.280 e. The summed E-state index contributed by atoms with van der Waals surface area (Å²) in [5.74, 6) is 1.45. The molecule has 7 heteroatoms. The predicted octanol–water partition coefficient (Wildman–Crippen LogP) is 3.38. The summed E-state index contributed by atoms with van der Waals surface area (Å²) in [5, 5.41) is 3.94. The molecule has 0 saturated heterocycles. The Balaban J connectivity index is 1.95. The molecule has 1 unspecified atom stereocenters. The first-order valence-corrected chi connectivity index (χ1v) is 8.30. The van der Waals surface area contributed by atoms with Gasteiger partial charge in [-0.1, -0.05) is 12.1 Å². The Hall–Kier alpha value is -2.54. The minimum atomic E-state index is -0.693. The maximum absolute atomic E-state index is 12.1. The van der Waals surface area contributed by atoms with Gasteiger partial charge < -0.3 is 14.2 Å². The van der Waals surface area contributed by atoms with E-state index in [9.17, 15) is 4.79 Å². The molecule has 6 nitrogen and oxygen atoms in total. The number of hydrogen-bond acceptors (Lipinski definition) is 5. The second-order valence-corrected chi connectivity index (χ2v) is 5.89. The van der Waals surface area contributed by atoms with Crippen LogP contribution in [-0.2, 0) is 4.79 Å². The van der Waals surface area contributed by atoms with E-state index in [0.717, 1.165) is 10.0 Å². The highest BCUT2D eigenvalue weighted by Gasteiger charge is 2.15. The van der Waals surface area contributed by atoms with Crippen LogP contribution in [0.15, 0.2) is 52.0 Å². The average Bonchev–Trinajstić information content (AvgIpc) is 2.63. The topological polar surface area (TPSA) is 69.2 Å². The van der Waals surface area contributed by atoms with E-state index in [1.165, 1.54) is 6.21 Å². The number of nitrogens with zero attached hydrogens (tertiary/aromatic N) is 1. The monoisotopic (exact) mass is 406 g/mol. The molecule has 0 fully saturated rings. The molecule has 1 atom stereocenters. The summed E-state index contributed by atoms with van der Waals surface area (Å²) >= 11 is 3.37. The van der Waals surface area contributed by atoms with Crippen LogP contribution in [0.3, 0.4) is 0 Å². The highest BCUT2D eigenvalue weighted by Crippen LogP contribution is 2.27. The lowest BCUT2D eigenvalue weighted by atomic mass is 10.2. The van der Waals surface area contributed by atoms with Crippen LogP contribution >= 0.6 is 15.9 Å². The zero-order valence-electron chi connectivity index (χ0n) is 14.2. The van der Waals surface area contributed by atoms with E-state index < -0.39 is 6.10 Å². The molecule has 0 aromatic heterocycles. The number of para-hydroxylation sites is 1. The van der Waals surface area contributed by atoms with E-state index in [1.807, 2.05) is 18.2 Å². The first-order valence-electron chi connectivity index (χ1n) is 7.51. The number of ether oxygens (including phenoxy) is 3. The van der Waals surface area contributed by atoms with Crippen LogP contribution < -0.4 is 19.6 Å². The van der Waals surface area contributed by atoms with E-state index in [-0.39, 0.29) is 5.91 Å². The molecule has 1 amide bonds. The van der Waals surface area contributed by atoms with E-state index in [4.69, 9.17) is 14.2 Å². The summed E-state index contributed by atoms with van der Waals surface area (Å²) in [6, 6.07) is 12.7. The van der Waals surface area contributed by atoms with E-state index in [1.54, 1.807) is 45.4 Å². The quantitative estimate of drug-likeness (QED) is 0.565. The van der Waals surface area contributed by atoms with Crippen LogP contribution in [0.2, 0.25) is 0 Å². The van der Waals surface area contributed by atoms with Crippen LogP contribution in [0.4, 0.5) is 0 Å². The van der Waals surface area contributed by atoms with E-state index in [0.29, 0.717) is 17.2 Å². The Labute approximate surface area is 154 Å². The molecule has 0 bridgehead atoms. The zero-order valence-corrected chi connectivity index (χ0v) is 15.7. The van der Waals surface area contributed by atoms with Gasteiger partial charge in [-0.3, -0.25) is 4.79 Å². The van der Waals surface area contributed by atoms with Crippen LogP contribution in [0, 0.1) is 0 Å². The number of hydrogen-bond donors (Lipinski definition) is 1. The lowest BCUT2D eigenvalue weighted by Crippen LogP contribution is -2.33. The largest absolute Gasteiger partial charge is 0.493 e. The van der Waals surface area contributed by atoms with Crippen LogP contribution in [0.25, 0.3) is 0 Å². The van der Waals surface area contributed by atoms with Crippen molar-refractivity contribution < 1.29 is 19.0 Å². The molecule has 25 heavy (non-hydrogen) atoms. The van der Waals surface area contributed by atoms with Gasteiger partial charge >= 0.3 is 0 Å². The molecule has 0 spiro atoms. The van der Waals surface area contributed by atoms with E-state index >= 15 is 0 Å². The fourth-order valence-electron chi connectivity index (χ4n) is 1.98. The molecule has 0 aliphatic heterocycles. The summed E-state index contributed by atoms with van der Waals surface area (Å²) in [7, 11) is 3.12. The number of halogens is 1. The summed E-state index contributed by atoms with van der Waals surface area (Å²) < 4.78 is 16.8. The summed E-state index contributed by atoms with van der Waals surface area (Å²) in [6.45, 7) is 1.65. The molecule has 1 N–H and O–H groups in total. The number of rotatable bonds is 7. The van der Waals surface area contributed by atoms with Crippen molar-refractivity contribution in [2.24, 2.45) is 5.10 Å². The third-order valence-corrected chi connectivity index (χ3v) is 3.96. The Bertz CT molecular complexity index is 764. The van der Waals surface area contributed by atoms with Crippen molar-refractivity contribution in [3.8, 4) is 17.2 Å². The minimum absolute atomic E-state index is 0.354. The number of carbonyl (C=O) groups is 1. The van der Waals surface area contributed by atoms with Crippen molar-refractivity contribution in [2.45, 2.75) is 13.0 Å². The van der Waals surface area contributed by atoms with Gasteiger partial charge in [-0.2, -0.15) is 5.10 Å². The number of carbonyl (C=O) groups excluding carboxylic acids is 1. The van der Waals surface area contributed by atoms with E-state index in [2.05, 4.69) is 26.5 Å². The first-order chi connectivity index (χ1) is 12.0. The molecule has 0 aliphatic carbocycles. The third-order valence-electron chi connectivity index (χ3n) is 3.31. The normalized spacial score (nSPS) is 11.8. The minimum Gasteiger partial charge on any atom is -0.493 e. The van der Waals surface area contributed by atoms with Gasteiger partial charge in [0.2, 0.25) is 0 Å². The van der Waals surface area contributed by atoms with Gasteiger partial charge in [0.1, 0.15) is 5.75 Å². The van der Waals surface area contributed by atoms with Gasteiger partial charge in [0.25, 0.3) is 5.91 Å². The Morgan fingerprint density at radius 2 is 1.84 bits per heavy atom.